The molecule has 0 aliphatic rings. The monoisotopic (exact) mass is 318 g/mol. The second kappa shape index (κ2) is 7.61. The van der Waals surface area contributed by atoms with Crippen LogP contribution in [0, 0.1) is 0 Å². The summed E-state index contributed by atoms with van der Waals surface area (Å²) in [5.74, 6) is -0.0612. The highest BCUT2D eigenvalue weighted by atomic mass is 32.1. The lowest BCUT2D eigenvalue weighted by molar-refractivity contribution is 0.0785. The molecule has 1 aromatic carbocycles. The second-order valence-electron chi connectivity index (χ2n) is 4.72. The summed E-state index contributed by atoms with van der Waals surface area (Å²) in [4.78, 5) is 25.3. The third-order valence-electron chi connectivity index (χ3n) is 3.00. The highest BCUT2D eigenvalue weighted by molar-refractivity contribution is 7.07. The second-order valence-corrected chi connectivity index (χ2v) is 5.50. The van der Waals surface area contributed by atoms with Crippen molar-refractivity contribution in [2.45, 2.75) is 13.5 Å². The molecule has 0 saturated heterocycles. The zero-order valence-corrected chi connectivity index (χ0v) is 13.4. The van der Waals surface area contributed by atoms with Crippen LogP contribution in [0.3, 0.4) is 0 Å². The molecule has 0 atom stereocenters. The quantitative estimate of drug-likeness (QED) is 0.916. The Bertz CT molecular complexity index is 623. The molecule has 1 N–H and O–H groups in total. The van der Waals surface area contributed by atoms with Crippen molar-refractivity contribution in [3.8, 4) is 0 Å². The Morgan fingerprint density at radius 2 is 1.95 bits per heavy atom. The fourth-order valence-electron chi connectivity index (χ4n) is 1.93. The van der Waals surface area contributed by atoms with Gasteiger partial charge in [-0.1, -0.05) is 0 Å². The van der Waals surface area contributed by atoms with Crippen molar-refractivity contribution in [1.29, 1.82) is 0 Å². The molecule has 0 unspecified atom stereocenters. The molecule has 0 fully saturated rings. The van der Waals surface area contributed by atoms with E-state index in [2.05, 4.69) is 5.32 Å². The fourth-order valence-corrected chi connectivity index (χ4v) is 2.59. The number of nitrogens with zero attached hydrogens (tertiary/aromatic N) is 1. The van der Waals surface area contributed by atoms with E-state index >= 15 is 0 Å². The summed E-state index contributed by atoms with van der Waals surface area (Å²) in [6.07, 6.45) is -0.504. The summed E-state index contributed by atoms with van der Waals surface area (Å²) < 4.78 is 4.80. The molecule has 2 aromatic rings. The summed E-state index contributed by atoms with van der Waals surface area (Å²) in [5.41, 5.74) is 2.28. The van der Waals surface area contributed by atoms with Crippen LogP contribution >= 0.6 is 11.3 Å². The third-order valence-corrected chi connectivity index (χ3v) is 3.73. The number of carbonyl (C=O) groups excluding carboxylic acids is 2. The van der Waals surface area contributed by atoms with Crippen LogP contribution < -0.4 is 5.32 Å². The molecule has 6 heteroatoms. The zero-order valence-electron chi connectivity index (χ0n) is 12.5. The molecule has 0 aliphatic heterocycles. The van der Waals surface area contributed by atoms with Crippen LogP contribution in [0.2, 0.25) is 0 Å². The normalized spacial score (nSPS) is 10.1. The van der Waals surface area contributed by atoms with Crippen LogP contribution in [0.25, 0.3) is 0 Å². The largest absolute Gasteiger partial charge is 0.450 e. The lowest BCUT2D eigenvalue weighted by atomic mass is 10.1. The van der Waals surface area contributed by atoms with Gasteiger partial charge in [0.25, 0.3) is 5.91 Å². The number of carbonyl (C=O) groups is 2. The maximum atomic E-state index is 12.3. The number of hydrogen-bond acceptors (Lipinski definition) is 4. The Hall–Kier alpha value is -2.34. The van der Waals surface area contributed by atoms with Gasteiger partial charge in [0, 0.05) is 24.8 Å². The molecule has 0 saturated carbocycles. The van der Waals surface area contributed by atoms with Gasteiger partial charge in [-0.3, -0.25) is 10.1 Å². The SMILES string of the molecule is CCOC(=O)Nc1ccc(C(=O)N(C)Cc2ccsc2)cc1. The van der Waals surface area contributed by atoms with Gasteiger partial charge < -0.3 is 9.64 Å². The van der Waals surface area contributed by atoms with Crippen LogP contribution in [0.15, 0.2) is 41.1 Å². The highest BCUT2D eigenvalue weighted by Gasteiger charge is 2.12. The van der Waals surface area contributed by atoms with Gasteiger partial charge >= 0.3 is 6.09 Å². The van der Waals surface area contributed by atoms with E-state index in [0.29, 0.717) is 24.4 Å². The highest BCUT2D eigenvalue weighted by Crippen LogP contribution is 2.14. The maximum absolute atomic E-state index is 12.3. The van der Waals surface area contributed by atoms with E-state index in [1.165, 1.54) is 0 Å². The van der Waals surface area contributed by atoms with E-state index in [9.17, 15) is 9.59 Å². The summed E-state index contributed by atoms with van der Waals surface area (Å²) in [6.45, 7) is 2.63. The van der Waals surface area contributed by atoms with Gasteiger partial charge in [0.05, 0.1) is 6.61 Å². The Morgan fingerprint density at radius 1 is 1.23 bits per heavy atom. The molecular formula is C16H18N2O3S. The van der Waals surface area contributed by atoms with Crippen molar-refractivity contribution in [1.82, 2.24) is 4.90 Å². The van der Waals surface area contributed by atoms with Gasteiger partial charge in [0.15, 0.2) is 0 Å². The first kappa shape index (κ1) is 16.0. The van der Waals surface area contributed by atoms with Crippen molar-refractivity contribution in [2.75, 3.05) is 19.0 Å². The molecule has 1 heterocycles. The summed E-state index contributed by atoms with van der Waals surface area (Å²) >= 11 is 1.61. The Kier molecular flexibility index (Phi) is 5.55. The van der Waals surface area contributed by atoms with Crippen LogP contribution in [0.4, 0.5) is 10.5 Å². The molecule has 0 aliphatic carbocycles. The fraction of sp³-hybridized carbons (Fsp3) is 0.250. The molecule has 0 radical (unpaired) electrons. The number of nitrogens with one attached hydrogen (secondary N) is 1. The van der Waals surface area contributed by atoms with Crippen molar-refractivity contribution in [3.05, 3.63) is 52.2 Å². The molecule has 116 valence electrons. The van der Waals surface area contributed by atoms with Crippen LogP contribution in [-0.4, -0.2) is 30.6 Å². The average Bonchev–Trinajstić information content (AvgIpc) is 3.00. The number of rotatable bonds is 5. The maximum Gasteiger partial charge on any atom is 0.411 e. The van der Waals surface area contributed by atoms with Crippen LogP contribution in [0.5, 0.6) is 0 Å². The van der Waals surface area contributed by atoms with Gasteiger partial charge in [-0.2, -0.15) is 11.3 Å². The first-order valence-corrected chi connectivity index (χ1v) is 7.85. The molecule has 22 heavy (non-hydrogen) atoms. The van der Waals surface area contributed by atoms with E-state index in [0.717, 1.165) is 5.56 Å². The average molecular weight is 318 g/mol. The summed E-state index contributed by atoms with van der Waals surface area (Å²) in [6, 6.07) is 8.74. The summed E-state index contributed by atoms with van der Waals surface area (Å²) in [7, 11) is 1.77. The standard InChI is InChI=1S/C16H18N2O3S/c1-3-21-16(20)17-14-6-4-13(5-7-14)15(19)18(2)10-12-8-9-22-11-12/h4-9,11H,3,10H2,1-2H3,(H,17,20). The number of anilines is 1. The minimum Gasteiger partial charge on any atom is -0.450 e. The minimum atomic E-state index is -0.504. The van der Waals surface area contributed by atoms with Crippen molar-refractivity contribution in [3.63, 3.8) is 0 Å². The van der Waals surface area contributed by atoms with Crippen molar-refractivity contribution in [2.24, 2.45) is 0 Å². The Morgan fingerprint density at radius 3 is 2.55 bits per heavy atom. The number of hydrogen-bond donors (Lipinski definition) is 1. The van der Waals surface area contributed by atoms with E-state index in [-0.39, 0.29) is 5.91 Å². The first-order chi connectivity index (χ1) is 10.6. The minimum absolute atomic E-state index is 0.0612. The first-order valence-electron chi connectivity index (χ1n) is 6.90. The van der Waals surface area contributed by atoms with Gasteiger partial charge in [-0.25, -0.2) is 4.79 Å². The topological polar surface area (TPSA) is 58.6 Å². The van der Waals surface area contributed by atoms with Crippen molar-refractivity contribution < 1.29 is 14.3 Å². The molecule has 5 nitrogen and oxygen atoms in total. The molecule has 2 amide bonds. The van der Waals surface area contributed by atoms with Crippen LogP contribution in [0.1, 0.15) is 22.8 Å². The third kappa shape index (κ3) is 4.33. The van der Waals surface area contributed by atoms with E-state index < -0.39 is 6.09 Å². The predicted molar refractivity (Wildman–Crippen MR) is 87.2 cm³/mol. The smallest absolute Gasteiger partial charge is 0.411 e. The Balaban J connectivity index is 1.97. The number of benzene rings is 1. The Labute approximate surface area is 133 Å². The van der Waals surface area contributed by atoms with Gasteiger partial charge in [0.2, 0.25) is 0 Å². The summed E-state index contributed by atoms with van der Waals surface area (Å²) in [5, 5.41) is 6.60. The number of thiophene rings is 1. The lowest BCUT2D eigenvalue weighted by Crippen LogP contribution is -2.26. The molecular weight excluding hydrogens is 300 g/mol. The van der Waals surface area contributed by atoms with E-state index in [4.69, 9.17) is 4.74 Å². The molecule has 0 bridgehead atoms. The van der Waals surface area contributed by atoms with Crippen LogP contribution in [-0.2, 0) is 11.3 Å². The van der Waals surface area contributed by atoms with Gasteiger partial charge in [-0.05, 0) is 53.6 Å². The molecule has 0 spiro atoms. The van der Waals surface area contributed by atoms with Gasteiger partial charge in [-0.15, -0.1) is 0 Å². The number of amides is 2. The van der Waals surface area contributed by atoms with Gasteiger partial charge in [0.1, 0.15) is 0 Å². The van der Waals surface area contributed by atoms with Crippen molar-refractivity contribution >= 4 is 29.0 Å². The van der Waals surface area contributed by atoms with E-state index in [1.807, 2.05) is 16.8 Å². The molecule has 1 aromatic heterocycles. The predicted octanol–water partition coefficient (Wildman–Crippen LogP) is 3.59. The lowest BCUT2D eigenvalue weighted by Gasteiger charge is -2.16. The zero-order chi connectivity index (χ0) is 15.9. The molecule has 2 rings (SSSR count). The number of ether oxygens (including phenoxy) is 1. The van der Waals surface area contributed by atoms with E-state index in [1.54, 1.807) is 54.5 Å².